The summed E-state index contributed by atoms with van der Waals surface area (Å²) in [5, 5.41) is 11.3. The SMILES string of the molecule is CCc1cc(OCC=C(Cl)Cl)cc(C)c1OCCC=NO. The largest absolute Gasteiger partial charge is 0.493 e. The summed E-state index contributed by atoms with van der Waals surface area (Å²) in [4.78, 5) is 0. The molecule has 0 amide bonds. The van der Waals surface area contributed by atoms with Gasteiger partial charge in [0, 0.05) is 12.6 Å². The quantitative estimate of drug-likeness (QED) is 0.330. The monoisotopic (exact) mass is 331 g/mol. The lowest BCUT2D eigenvalue weighted by Crippen LogP contribution is -2.03. The summed E-state index contributed by atoms with van der Waals surface area (Å²) in [5.74, 6) is 1.60. The van der Waals surface area contributed by atoms with Crippen molar-refractivity contribution in [2.75, 3.05) is 13.2 Å². The number of ether oxygens (including phenoxy) is 2. The highest BCUT2D eigenvalue weighted by Gasteiger charge is 2.09. The molecule has 1 rings (SSSR count). The van der Waals surface area contributed by atoms with Crippen molar-refractivity contribution >= 4 is 29.4 Å². The molecule has 116 valence electrons. The number of rotatable bonds is 8. The third-order valence-corrected chi connectivity index (χ3v) is 3.08. The fraction of sp³-hybridized carbons (Fsp3) is 0.400. The van der Waals surface area contributed by atoms with Crippen LogP contribution in [0.5, 0.6) is 11.5 Å². The highest BCUT2D eigenvalue weighted by atomic mass is 35.5. The highest BCUT2D eigenvalue weighted by Crippen LogP contribution is 2.29. The van der Waals surface area contributed by atoms with Crippen LogP contribution in [0, 0.1) is 6.92 Å². The molecule has 0 aliphatic rings. The van der Waals surface area contributed by atoms with E-state index in [0.717, 1.165) is 29.0 Å². The smallest absolute Gasteiger partial charge is 0.125 e. The maximum absolute atomic E-state index is 8.35. The number of halogens is 2. The molecule has 0 aromatic heterocycles. The molecule has 0 radical (unpaired) electrons. The van der Waals surface area contributed by atoms with Gasteiger partial charge in [-0.15, -0.1) is 5.16 Å². The number of hydrogen-bond donors (Lipinski definition) is 1. The van der Waals surface area contributed by atoms with Gasteiger partial charge >= 0.3 is 0 Å². The number of aryl methyl sites for hydroxylation is 2. The minimum absolute atomic E-state index is 0.188. The summed E-state index contributed by atoms with van der Waals surface area (Å²) >= 11 is 11.1. The van der Waals surface area contributed by atoms with Crippen molar-refractivity contribution < 1.29 is 14.7 Å². The predicted octanol–water partition coefficient (Wildman–Crippen LogP) is 4.48. The zero-order valence-electron chi connectivity index (χ0n) is 12.1. The van der Waals surface area contributed by atoms with E-state index in [1.807, 2.05) is 19.1 Å². The van der Waals surface area contributed by atoms with E-state index in [9.17, 15) is 0 Å². The van der Waals surface area contributed by atoms with Crippen molar-refractivity contribution in [3.63, 3.8) is 0 Å². The van der Waals surface area contributed by atoms with Gasteiger partial charge in [0.2, 0.25) is 0 Å². The summed E-state index contributed by atoms with van der Waals surface area (Å²) < 4.78 is 11.5. The van der Waals surface area contributed by atoms with Crippen molar-refractivity contribution in [3.05, 3.63) is 33.8 Å². The standard InChI is InChI=1S/C15H19Cl2NO3/c1-3-12-10-13(20-8-5-14(16)17)9-11(2)15(12)21-7-4-6-18-19/h5-6,9-10,19H,3-4,7-8H2,1-2H3. The van der Waals surface area contributed by atoms with Crippen LogP contribution < -0.4 is 9.47 Å². The molecule has 0 fully saturated rings. The minimum Gasteiger partial charge on any atom is -0.493 e. The van der Waals surface area contributed by atoms with E-state index in [2.05, 4.69) is 12.1 Å². The zero-order chi connectivity index (χ0) is 15.7. The van der Waals surface area contributed by atoms with E-state index in [4.69, 9.17) is 37.9 Å². The van der Waals surface area contributed by atoms with Crippen molar-refractivity contribution in [3.8, 4) is 11.5 Å². The van der Waals surface area contributed by atoms with Gasteiger partial charge in [-0.1, -0.05) is 30.1 Å². The molecule has 0 unspecified atom stereocenters. The first-order valence-corrected chi connectivity index (χ1v) is 7.40. The van der Waals surface area contributed by atoms with E-state index in [-0.39, 0.29) is 4.49 Å². The van der Waals surface area contributed by atoms with Crippen LogP contribution in [0.2, 0.25) is 0 Å². The van der Waals surface area contributed by atoms with Gasteiger partial charge in [-0.05, 0) is 42.7 Å². The molecule has 1 aromatic carbocycles. The van der Waals surface area contributed by atoms with Gasteiger partial charge in [0.05, 0.1) is 6.61 Å². The van der Waals surface area contributed by atoms with E-state index >= 15 is 0 Å². The Labute approximate surface area is 135 Å². The fourth-order valence-electron chi connectivity index (χ4n) is 1.84. The third kappa shape index (κ3) is 6.27. The second kappa shape index (κ2) is 9.53. The first-order chi connectivity index (χ1) is 10.1. The molecule has 6 heteroatoms. The Balaban J connectivity index is 2.79. The molecule has 0 aliphatic carbocycles. The molecule has 21 heavy (non-hydrogen) atoms. The van der Waals surface area contributed by atoms with Crippen LogP contribution >= 0.6 is 23.2 Å². The average molecular weight is 332 g/mol. The number of hydrogen-bond acceptors (Lipinski definition) is 4. The Morgan fingerprint density at radius 2 is 2.10 bits per heavy atom. The van der Waals surface area contributed by atoms with Gasteiger partial charge < -0.3 is 14.7 Å². The Morgan fingerprint density at radius 1 is 1.33 bits per heavy atom. The van der Waals surface area contributed by atoms with Crippen LogP contribution in [-0.2, 0) is 6.42 Å². The molecular weight excluding hydrogens is 313 g/mol. The summed E-state index contributed by atoms with van der Waals surface area (Å²) in [5.41, 5.74) is 2.05. The van der Waals surface area contributed by atoms with Gasteiger partial charge in [-0.3, -0.25) is 0 Å². The maximum Gasteiger partial charge on any atom is 0.125 e. The highest BCUT2D eigenvalue weighted by molar-refractivity contribution is 6.55. The first-order valence-electron chi connectivity index (χ1n) is 6.64. The molecule has 0 aliphatic heterocycles. The normalized spacial score (nSPS) is 10.7. The lowest BCUT2D eigenvalue weighted by atomic mass is 10.1. The molecule has 0 heterocycles. The zero-order valence-corrected chi connectivity index (χ0v) is 13.6. The van der Waals surface area contributed by atoms with Crippen LogP contribution in [0.25, 0.3) is 0 Å². The Hall–Kier alpha value is -1.39. The maximum atomic E-state index is 8.35. The molecule has 1 aromatic rings. The van der Waals surface area contributed by atoms with Gasteiger partial charge in [-0.2, -0.15) is 0 Å². The Bertz CT molecular complexity index is 512. The molecule has 0 saturated heterocycles. The van der Waals surface area contributed by atoms with Crippen molar-refractivity contribution in [1.82, 2.24) is 0 Å². The minimum atomic E-state index is 0.188. The first kappa shape index (κ1) is 17.7. The van der Waals surface area contributed by atoms with Gasteiger partial charge in [-0.25, -0.2) is 0 Å². The summed E-state index contributed by atoms with van der Waals surface area (Å²) in [6.07, 6.45) is 4.37. The summed E-state index contributed by atoms with van der Waals surface area (Å²) in [7, 11) is 0. The van der Waals surface area contributed by atoms with E-state index < -0.39 is 0 Å². The number of oxime groups is 1. The molecule has 1 N–H and O–H groups in total. The number of nitrogens with zero attached hydrogens (tertiary/aromatic N) is 1. The van der Waals surface area contributed by atoms with Crippen molar-refractivity contribution in [2.45, 2.75) is 26.7 Å². The van der Waals surface area contributed by atoms with Crippen LogP contribution in [0.4, 0.5) is 0 Å². The summed E-state index contributed by atoms with van der Waals surface area (Å²) in [6, 6.07) is 3.85. The average Bonchev–Trinajstić information content (AvgIpc) is 2.44. The van der Waals surface area contributed by atoms with Crippen LogP contribution in [0.15, 0.2) is 27.9 Å². The topological polar surface area (TPSA) is 51.0 Å². The van der Waals surface area contributed by atoms with Gasteiger partial charge in [0.25, 0.3) is 0 Å². The second-order valence-corrected chi connectivity index (χ2v) is 5.33. The lowest BCUT2D eigenvalue weighted by Gasteiger charge is -2.15. The molecular formula is C15H19Cl2NO3. The van der Waals surface area contributed by atoms with Crippen molar-refractivity contribution in [2.24, 2.45) is 5.16 Å². The van der Waals surface area contributed by atoms with Crippen LogP contribution in [0.3, 0.4) is 0 Å². The van der Waals surface area contributed by atoms with E-state index in [1.165, 1.54) is 6.21 Å². The predicted molar refractivity (Wildman–Crippen MR) is 86.2 cm³/mol. The Morgan fingerprint density at radius 3 is 2.71 bits per heavy atom. The molecule has 0 bridgehead atoms. The lowest BCUT2D eigenvalue weighted by molar-refractivity contribution is 0.307. The van der Waals surface area contributed by atoms with Crippen LogP contribution in [0.1, 0.15) is 24.5 Å². The molecule has 0 atom stereocenters. The van der Waals surface area contributed by atoms with Crippen molar-refractivity contribution in [1.29, 1.82) is 0 Å². The molecule has 0 spiro atoms. The van der Waals surface area contributed by atoms with E-state index in [0.29, 0.717) is 19.6 Å². The fourth-order valence-corrected chi connectivity index (χ4v) is 1.96. The Kier molecular flexibility index (Phi) is 8.01. The van der Waals surface area contributed by atoms with Gasteiger partial charge in [0.15, 0.2) is 0 Å². The van der Waals surface area contributed by atoms with Crippen LogP contribution in [-0.4, -0.2) is 24.6 Å². The van der Waals surface area contributed by atoms with E-state index in [1.54, 1.807) is 6.08 Å². The molecule has 0 saturated carbocycles. The number of benzene rings is 1. The summed E-state index contributed by atoms with van der Waals surface area (Å²) in [6.45, 7) is 4.79. The molecule has 4 nitrogen and oxygen atoms in total. The third-order valence-electron chi connectivity index (χ3n) is 2.77. The van der Waals surface area contributed by atoms with Gasteiger partial charge in [0.1, 0.15) is 22.6 Å². The second-order valence-electron chi connectivity index (χ2n) is 4.32.